The summed E-state index contributed by atoms with van der Waals surface area (Å²) in [7, 11) is 2.85. The minimum atomic E-state index is -1.01. The third-order valence-electron chi connectivity index (χ3n) is 5.48. The zero-order valence-electron chi connectivity index (χ0n) is 21.5. The molecule has 3 rings (SSSR count). The monoisotopic (exact) mass is 571 g/mol. The molecule has 0 aliphatic carbocycles. The van der Waals surface area contributed by atoms with E-state index < -0.39 is 23.8 Å². The number of carbonyl (C=O) groups excluding carboxylic acids is 3. The second-order valence-electron chi connectivity index (χ2n) is 8.08. The van der Waals surface area contributed by atoms with Gasteiger partial charge in [-0.2, -0.15) is 0 Å². The van der Waals surface area contributed by atoms with Crippen LogP contribution in [0.2, 0.25) is 10.0 Å². The van der Waals surface area contributed by atoms with Gasteiger partial charge < -0.3 is 24.9 Å². The Kier molecular flexibility index (Phi) is 10.7. The number of amides is 2. The van der Waals surface area contributed by atoms with Gasteiger partial charge in [-0.05, 0) is 61.0 Å². The van der Waals surface area contributed by atoms with Crippen LogP contribution in [0.25, 0.3) is 0 Å². The summed E-state index contributed by atoms with van der Waals surface area (Å²) in [5.74, 6) is -1.09. The first kappa shape index (κ1) is 29.5. The second-order valence-corrected chi connectivity index (χ2v) is 8.90. The number of nitrogens with one attached hydrogen (secondary N) is 2. The molecule has 0 bridgehead atoms. The molecule has 0 saturated heterocycles. The Hall–Kier alpha value is -4.08. The van der Waals surface area contributed by atoms with Crippen LogP contribution in [0.3, 0.4) is 0 Å². The van der Waals surface area contributed by atoms with E-state index in [1.165, 1.54) is 14.2 Å². The van der Waals surface area contributed by atoms with Gasteiger partial charge in [-0.1, -0.05) is 46.6 Å². The van der Waals surface area contributed by atoms with Crippen molar-refractivity contribution in [2.45, 2.75) is 19.4 Å². The molecule has 0 fully saturated rings. The number of rotatable bonds is 11. The number of esters is 1. The average molecular weight is 572 g/mol. The smallest absolute Gasteiger partial charge is 0.328 e. The standard InChI is InChI=1S/C28H27Cl2N3O6/c1-4-39-28(36)23(32-27(35)25(33-38-3)18-10-14-20(37-2)15-11-18)16-17-8-12-19(13-9-17)31-26(34)24-21(29)6-5-7-22(24)30/h5-15,23H,4,16H2,1-3H3,(H,31,34)(H,32,35)/t23-/m0/s1. The van der Waals surface area contributed by atoms with Crippen molar-refractivity contribution in [3.8, 4) is 5.75 Å². The van der Waals surface area contributed by atoms with Crippen LogP contribution in [0.5, 0.6) is 5.75 Å². The number of anilines is 1. The van der Waals surface area contributed by atoms with Crippen molar-refractivity contribution in [3.05, 3.63) is 93.5 Å². The van der Waals surface area contributed by atoms with Crippen molar-refractivity contribution >= 4 is 52.4 Å². The molecule has 0 heterocycles. The number of nitrogens with zero attached hydrogens (tertiary/aromatic N) is 1. The molecule has 0 unspecified atom stereocenters. The molecule has 2 amide bonds. The van der Waals surface area contributed by atoms with Crippen molar-refractivity contribution < 1.29 is 28.7 Å². The topological polar surface area (TPSA) is 115 Å². The van der Waals surface area contributed by atoms with E-state index in [1.807, 2.05) is 0 Å². The fraction of sp³-hybridized carbons (Fsp3) is 0.214. The normalized spacial score (nSPS) is 11.8. The number of hydrogen-bond donors (Lipinski definition) is 2. The van der Waals surface area contributed by atoms with E-state index in [0.717, 1.165) is 0 Å². The first-order valence-electron chi connectivity index (χ1n) is 11.8. The van der Waals surface area contributed by atoms with Crippen LogP contribution in [-0.2, 0) is 25.6 Å². The van der Waals surface area contributed by atoms with Gasteiger partial charge in [0, 0.05) is 17.7 Å². The Labute approximate surface area is 236 Å². The molecule has 11 heteroatoms. The van der Waals surface area contributed by atoms with E-state index in [0.29, 0.717) is 22.6 Å². The van der Waals surface area contributed by atoms with Crippen LogP contribution in [0, 0.1) is 0 Å². The summed E-state index contributed by atoms with van der Waals surface area (Å²) < 4.78 is 10.3. The Morgan fingerprint density at radius 1 is 0.923 bits per heavy atom. The lowest BCUT2D eigenvalue weighted by molar-refractivity contribution is -0.146. The number of halogens is 2. The van der Waals surface area contributed by atoms with Gasteiger partial charge in [0.05, 0.1) is 29.3 Å². The summed E-state index contributed by atoms with van der Waals surface area (Å²) in [5, 5.41) is 9.74. The molecule has 2 N–H and O–H groups in total. The molecule has 204 valence electrons. The second kappa shape index (κ2) is 14.2. The lowest BCUT2D eigenvalue weighted by Crippen LogP contribution is -2.46. The van der Waals surface area contributed by atoms with Crippen molar-refractivity contribution in [1.82, 2.24) is 5.32 Å². The van der Waals surface area contributed by atoms with E-state index in [1.54, 1.807) is 73.7 Å². The zero-order chi connectivity index (χ0) is 28.4. The molecule has 39 heavy (non-hydrogen) atoms. The van der Waals surface area contributed by atoms with Crippen LogP contribution in [0.15, 0.2) is 71.9 Å². The quantitative estimate of drug-likeness (QED) is 0.192. The van der Waals surface area contributed by atoms with Gasteiger partial charge in [0.2, 0.25) is 0 Å². The third kappa shape index (κ3) is 7.95. The molecule has 3 aromatic carbocycles. The van der Waals surface area contributed by atoms with Gasteiger partial charge in [-0.25, -0.2) is 4.79 Å². The SMILES string of the molecule is CCOC(=O)[C@H](Cc1ccc(NC(=O)c2c(Cl)cccc2Cl)cc1)NC(=O)C(=NOC)c1ccc(OC)cc1. The Balaban J connectivity index is 1.75. The highest BCUT2D eigenvalue weighted by atomic mass is 35.5. The third-order valence-corrected chi connectivity index (χ3v) is 6.11. The lowest BCUT2D eigenvalue weighted by atomic mass is 10.0. The number of hydrogen-bond acceptors (Lipinski definition) is 7. The maximum atomic E-state index is 13.1. The van der Waals surface area contributed by atoms with Crippen LogP contribution >= 0.6 is 23.2 Å². The molecule has 1 atom stereocenters. The minimum Gasteiger partial charge on any atom is -0.497 e. The first-order chi connectivity index (χ1) is 18.8. The highest BCUT2D eigenvalue weighted by Gasteiger charge is 2.26. The fourth-order valence-corrected chi connectivity index (χ4v) is 4.17. The predicted octanol–water partition coefficient (Wildman–Crippen LogP) is 4.90. The number of ether oxygens (including phenoxy) is 2. The maximum absolute atomic E-state index is 13.1. The molecule has 0 spiro atoms. The van der Waals surface area contributed by atoms with Crippen LogP contribution in [0.1, 0.15) is 28.4 Å². The Bertz CT molecular complexity index is 1320. The van der Waals surface area contributed by atoms with Crippen LogP contribution in [-0.4, -0.2) is 50.4 Å². The van der Waals surface area contributed by atoms with Gasteiger partial charge in [-0.15, -0.1) is 0 Å². The summed E-state index contributed by atoms with van der Waals surface area (Å²) in [5.41, 5.74) is 1.81. The van der Waals surface area contributed by atoms with E-state index >= 15 is 0 Å². The summed E-state index contributed by atoms with van der Waals surface area (Å²) in [6.45, 7) is 1.81. The molecular weight excluding hydrogens is 545 g/mol. The summed E-state index contributed by atoms with van der Waals surface area (Å²) >= 11 is 12.2. The van der Waals surface area contributed by atoms with Crippen molar-refractivity contribution in [1.29, 1.82) is 0 Å². The Morgan fingerprint density at radius 3 is 2.13 bits per heavy atom. The highest BCUT2D eigenvalue weighted by Crippen LogP contribution is 2.25. The fourth-order valence-electron chi connectivity index (χ4n) is 3.60. The molecule has 0 radical (unpaired) electrons. The average Bonchev–Trinajstić information content (AvgIpc) is 2.92. The Morgan fingerprint density at radius 2 is 1.56 bits per heavy atom. The number of carbonyl (C=O) groups is 3. The lowest BCUT2D eigenvalue weighted by Gasteiger charge is -2.18. The van der Waals surface area contributed by atoms with E-state index in [2.05, 4.69) is 15.8 Å². The van der Waals surface area contributed by atoms with Gasteiger partial charge in [0.15, 0.2) is 5.71 Å². The van der Waals surface area contributed by atoms with Crippen molar-refractivity contribution in [3.63, 3.8) is 0 Å². The number of methoxy groups -OCH3 is 1. The summed E-state index contributed by atoms with van der Waals surface area (Å²) in [4.78, 5) is 43.4. The van der Waals surface area contributed by atoms with E-state index in [-0.39, 0.29) is 34.3 Å². The van der Waals surface area contributed by atoms with Gasteiger partial charge in [-0.3, -0.25) is 9.59 Å². The largest absolute Gasteiger partial charge is 0.497 e. The van der Waals surface area contributed by atoms with Gasteiger partial charge in [0.25, 0.3) is 11.8 Å². The van der Waals surface area contributed by atoms with Gasteiger partial charge in [0.1, 0.15) is 18.9 Å². The molecular formula is C28H27Cl2N3O6. The summed E-state index contributed by atoms with van der Waals surface area (Å²) in [6, 6.07) is 17.2. The molecule has 0 aliphatic rings. The molecule has 9 nitrogen and oxygen atoms in total. The maximum Gasteiger partial charge on any atom is 0.328 e. The molecule has 0 aliphatic heterocycles. The van der Waals surface area contributed by atoms with E-state index in [4.69, 9.17) is 37.5 Å². The van der Waals surface area contributed by atoms with Crippen LogP contribution < -0.4 is 15.4 Å². The van der Waals surface area contributed by atoms with Gasteiger partial charge >= 0.3 is 5.97 Å². The predicted molar refractivity (Wildman–Crippen MR) is 150 cm³/mol. The zero-order valence-corrected chi connectivity index (χ0v) is 23.0. The molecule has 0 aromatic heterocycles. The highest BCUT2D eigenvalue weighted by molar-refractivity contribution is 6.45. The molecule has 0 saturated carbocycles. The van der Waals surface area contributed by atoms with Crippen LogP contribution in [0.4, 0.5) is 5.69 Å². The summed E-state index contributed by atoms with van der Waals surface area (Å²) in [6.07, 6.45) is 0.123. The van der Waals surface area contributed by atoms with Crippen molar-refractivity contribution in [2.75, 3.05) is 26.1 Å². The number of benzene rings is 3. The van der Waals surface area contributed by atoms with E-state index in [9.17, 15) is 14.4 Å². The first-order valence-corrected chi connectivity index (χ1v) is 12.6. The molecule has 3 aromatic rings. The number of oxime groups is 1. The minimum absolute atomic E-state index is 0.0225. The van der Waals surface area contributed by atoms with Crippen molar-refractivity contribution in [2.24, 2.45) is 5.16 Å².